The Morgan fingerprint density at radius 3 is 2.62 bits per heavy atom. The fourth-order valence-electron chi connectivity index (χ4n) is 3.72. The number of aromatic nitrogens is 4. The van der Waals surface area contributed by atoms with Gasteiger partial charge in [0.1, 0.15) is 24.1 Å². The topological polar surface area (TPSA) is 79.1 Å². The number of anilines is 1. The van der Waals surface area contributed by atoms with Crippen molar-refractivity contribution in [1.82, 2.24) is 24.4 Å². The van der Waals surface area contributed by atoms with E-state index in [1.165, 1.54) is 18.5 Å². The highest BCUT2D eigenvalue weighted by atomic mass is 19.1. The number of hydrogen-bond donors (Lipinski definition) is 2. The normalized spacial score (nSPS) is 16.7. The Morgan fingerprint density at radius 2 is 1.93 bits per heavy atom. The number of imidazole rings is 1. The van der Waals surface area contributed by atoms with Crippen molar-refractivity contribution in [2.75, 3.05) is 25.5 Å². The van der Waals surface area contributed by atoms with Crippen LogP contribution in [0.1, 0.15) is 25.8 Å². The van der Waals surface area contributed by atoms with E-state index < -0.39 is 6.23 Å². The number of hydrogen-bond acceptors (Lipinski definition) is 6. The van der Waals surface area contributed by atoms with Crippen LogP contribution in [0.25, 0.3) is 22.8 Å². The largest absolute Gasteiger partial charge is 0.374 e. The lowest BCUT2D eigenvalue weighted by atomic mass is 10.0. The van der Waals surface area contributed by atoms with E-state index in [1.807, 2.05) is 6.20 Å². The van der Waals surface area contributed by atoms with E-state index >= 15 is 0 Å². The Hall–Kier alpha value is -2.84. The van der Waals surface area contributed by atoms with Gasteiger partial charge in [-0.05, 0) is 64.2 Å². The van der Waals surface area contributed by atoms with Crippen LogP contribution in [0.5, 0.6) is 0 Å². The highest BCUT2D eigenvalue weighted by Gasteiger charge is 2.24. The van der Waals surface area contributed by atoms with Crippen molar-refractivity contribution in [2.24, 2.45) is 0 Å². The molecule has 1 aliphatic heterocycles. The van der Waals surface area contributed by atoms with E-state index in [-0.39, 0.29) is 11.9 Å². The van der Waals surface area contributed by atoms with Gasteiger partial charge in [0.25, 0.3) is 0 Å². The van der Waals surface area contributed by atoms with Gasteiger partial charge in [-0.3, -0.25) is 0 Å². The molecule has 0 spiro atoms. The average molecular weight is 396 g/mol. The Bertz CT molecular complexity index is 964. The summed E-state index contributed by atoms with van der Waals surface area (Å²) < 4.78 is 15.5. The first-order chi connectivity index (χ1) is 14.0. The van der Waals surface area contributed by atoms with E-state index in [1.54, 1.807) is 25.3 Å². The second-order valence-corrected chi connectivity index (χ2v) is 7.50. The van der Waals surface area contributed by atoms with Crippen LogP contribution in [0.4, 0.5) is 10.1 Å². The number of benzene rings is 1. The molecule has 152 valence electrons. The summed E-state index contributed by atoms with van der Waals surface area (Å²) in [4.78, 5) is 15.7. The number of nitrogens with zero attached hydrogens (tertiary/aromatic N) is 5. The Labute approximate surface area is 169 Å². The molecular formula is C21H25FN6O. The van der Waals surface area contributed by atoms with Gasteiger partial charge >= 0.3 is 0 Å². The molecule has 4 rings (SSSR count). The summed E-state index contributed by atoms with van der Waals surface area (Å²) in [5.41, 5.74) is 2.86. The zero-order valence-corrected chi connectivity index (χ0v) is 16.6. The van der Waals surface area contributed by atoms with Crippen LogP contribution in [0.15, 0.2) is 43.0 Å². The standard InChI is InChI=1S/C21H25FN6O/c1-14(29)25-18-11-23-13-24-20(18)21-26-19(15-3-5-16(22)6-4-15)12-28(21)17-7-9-27(2)10-8-17/h3-6,11-14,17,25,29H,7-10H2,1-2H3. The van der Waals surface area contributed by atoms with Gasteiger partial charge in [-0.1, -0.05) is 0 Å². The minimum absolute atomic E-state index is 0.275. The third-order valence-corrected chi connectivity index (χ3v) is 5.24. The van der Waals surface area contributed by atoms with E-state index in [0.29, 0.717) is 17.2 Å². The molecule has 0 radical (unpaired) electrons. The van der Waals surface area contributed by atoms with Crippen molar-refractivity contribution in [3.8, 4) is 22.8 Å². The molecule has 2 aromatic heterocycles. The molecule has 2 N–H and O–H groups in total. The number of likely N-dealkylation sites (tertiary alicyclic amines) is 1. The average Bonchev–Trinajstić information content (AvgIpc) is 3.14. The Balaban J connectivity index is 1.80. The molecule has 3 heterocycles. The van der Waals surface area contributed by atoms with Crippen molar-refractivity contribution in [3.63, 3.8) is 0 Å². The quantitative estimate of drug-likeness (QED) is 0.645. The first kappa shape index (κ1) is 19.5. The number of rotatable bonds is 5. The van der Waals surface area contributed by atoms with Crippen LogP contribution < -0.4 is 5.32 Å². The summed E-state index contributed by atoms with van der Waals surface area (Å²) in [6.45, 7) is 3.66. The number of halogens is 1. The van der Waals surface area contributed by atoms with E-state index in [2.05, 4.69) is 31.8 Å². The Kier molecular flexibility index (Phi) is 5.55. The second kappa shape index (κ2) is 8.26. The van der Waals surface area contributed by atoms with Crippen molar-refractivity contribution in [1.29, 1.82) is 0 Å². The number of aliphatic hydroxyl groups is 1. The molecule has 29 heavy (non-hydrogen) atoms. The first-order valence-electron chi connectivity index (χ1n) is 9.79. The van der Waals surface area contributed by atoms with Crippen molar-refractivity contribution in [3.05, 3.63) is 48.8 Å². The van der Waals surface area contributed by atoms with Gasteiger partial charge in [0, 0.05) is 17.8 Å². The predicted octanol–water partition coefficient (Wildman–Crippen LogP) is 3.16. The molecule has 1 fully saturated rings. The van der Waals surface area contributed by atoms with E-state index in [9.17, 15) is 9.50 Å². The fraction of sp³-hybridized carbons (Fsp3) is 0.381. The Morgan fingerprint density at radius 1 is 1.21 bits per heavy atom. The highest BCUT2D eigenvalue weighted by molar-refractivity contribution is 5.72. The molecule has 1 unspecified atom stereocenters. The molecule has 1 aromatic carbocycles. The van der Waals surface area contributed by atoms with Crippen LogP contribution in [0, 0.1) is 5.82 Å². The zero-order valence-electron chi connectivity index (χ0n) is 16.6. The van der Waals surface area contributed by atoms with Gasteiger partial charge in [-0.25, -0.2) is 19.3 Å². The van der Waals surface area contributed by atoms with Gasteiger partial charge in [0.15, 0.2) is 5.82 Å². The number of aliphatic hydroxyl groups excluding tert-OH is 1. The lowest BCUT2D eigenvalue weighted by Crippen LogP contribution is -2.31. The van der Waals surface area contributed by atoms with Crippen LogP contribution in [0.2, 0.25) is 0 Å². The van der Waals surface area contributed by atoms with E-state index in [4.69, 9.17) is 4.98 Å². The molecule has 1 aliphatic rings. The van der Waals surface area contributed by atoms with Crippen LogP contribution in [-0.2, 0) is 0 Å². The van der Waals surface area contributed by atoms with Crippen LogP contribution in [-0.4, -0.2) is 55.9 Å². The van der Waals surface area contributed by atoms with Crippen LogP contribution >= 0.6 is 0 Å². The predicted molar refractivity (Wildman–Crippen MR) is 110 cm³/mol. The van der Waals surface area contributed by atoms with Crippen molar-refractivity contribution >= 4 is 5.69 Å². The lowest BCUT2D eigenvalue weighted by Gasteiger charge is -2.30. The van der Waals surface area contributed by atoms with Crippen molar-refractivity contribution in [2.45, 2.75) is 32.0 Å². The minimum Gasteiger partial charge on any atom is -0.374 e. The smallest absolute Gasteiger partial charge is 0.161 e. The molecule has 0 amide bonds. The lowest BCUT2D eigenvalue weighted by molar-refractivity contribution is 0.222. The molecule has 7 nitrogen and oxygen atoms in total. The molecule has 1 saturated heterocycles. The number of nitrogens with one attached hydrogen (secondary N) is 1. The molecule has 3 aromatic rings. The summed E-state index contributed by atoms with van der Waals surface area (Å²) >= 11 is 0. The summed E-state index contributed by atoms with van der Waals surface area (Å²) in [5, 5.41) is 12.8. The minimum atomic E-state index is -0.747. The SMILES string of the molecule is CC(O)Nc1cncnc1-c1nc(-c2ccc(F)cc2)cn1C1CCN(C)CC1. The molecule has 0 aliphatic carbocycles. The maximum atomic E-state index is 13.4. The monoisotopic (exact) mass is 396 g/mol. The molecule has 0 saturated carbocycles. The van der Waals surface area contributed by atoms with Gasteiger partial charge in [-0.2, -0.15) is 0 Å². The summed E-state index contributed by atoms with van der Waals surface area (Å²) in [7, 11) is 2.13. The van der Waals surface area contributed by atoms with Crippen LogP contribution in [0.3, 0.4) is 0 Å². The first-order valence-corrected chi connectivity index (χ1v) is 9.79. The second-order valence-electron chi connectivity index (χ2n) is 7.50. The molecule has 0 bridgehead atoms. The third kappa shape index (κ3) is 4.28. The van der Waals surface area contributed by atoms with Gasteiger partial charge < -0.3 is 19.9 Å². The molecular weight excluding hydrogens is 371 g/mol. The van der Waals surface area contributed by atoms with E-state index in [0.717, 1.165) is 37.2 Å². The van der Waals surface area contributed by atoms with Crippen molar-refractivity contribution < 1.29 is 9.50 Å². The van der Waals surface area contributed by atoms with Gasteiger partial charge in [0.05, 0.1) is 17.6 Å². The van der Waals surface area contributed by atoms with Gasteiger partial charge in [-0.15, -0.1) is 0 Å². The zero-order chi connectivity index (χ0) is 20.4. The highest BCUT2D eigenvalue weighted by Crippen LogP contribution is 2.33. The summed E-state index contributed by atoms with van der Waals surface area (Å²) in [5.74, 6) is 0.437. The molecule has 1 atom stereocenters. The van der Waals surface area contributed by atoms with Gasteiger partial charge in [0.2, 0.25) is 0 Å². The summed E-state index contributed by atoms with van der Waals surface area (Å²) in [6.07, 6.45) is 6.41. The third-order valence-electron chi connectivity index (χ3n) is 5.24. The molecule has 8 heteroatoms. The fourth-order valence-corrected chi connectivity index (χ4v) is 3.72. The summed E-state index contributed by atoms with van der Waals surface area (Å²) in [6, 6.07) is 6.63. The maximum absolute atomic E-state index is 13.4. The maximum Gasteiger partial charge on any atom is 0.161 e. The number of piperidine rings is 1.